The van der Waals surface area contributed by atoms with Gasteiger partial charge in [0.15, 0.2) is 0 Å². The van der Waals surface area contributed by atoms with Crippen LogP contribution in [0.4, 0.5) is 10.1 Å². The zero-order valence-corrected chi connectivity index (χ0v) is 10.6. The third-order valence-electron chi connectivity index (χ3n) is 3.60. The van der Waals surface area contributed by atoms with Crippen molar-refractivity contribution < 1.29 is 9.13 Å². The van der Waals surface area contributed by atoms with Crippen molar-refractivity contribution >= 4 is 5.69 Å². The molecular weight excluding hydrogens is 241 g/mol. The summed E-state index contributed by atoms with van der Waals surface area (Å²) in [5.74, 6) is 0.00305. The second-order valence-electron chi connectivity index (χ2n) is 4.85. The highest BCUT2D eigenvalue weighted by atomic mass is 19.1. The average Bonchev–Trinajstić information content (AvgIpc) is 2.44. The number of benzene rings is 2. The smallest absolute Gasteiger partial charge is 0.149 e. The highest BCUT2D eigenvalue weighted by Crippen LogP contribution is 2.35. The lowest BCUT2D eigenvalue weighted by atomic mass is 9.89. The summed E-state index contributed by atoms with van der Waals surface area (Å²) in [6.45, 7) is 0. The summed E-state index contributed by atoms with van der Waals surface area (Å²) < 4.78 is 19.4. The van der Waals surface area contributed by atoms with Crippen LogP contribution in [0.25, 0.3) is 0 Å². The molecule has 19 heavy (non-hydrogen) atoms. The highest BCUT2D eigenvalue weighted by Gasteiger charge is 2.22. The van der Waals surface area contributed by atoms with E-state index in [0.29, 0.717) is 5.75 Å². The van der Waals surface area contributed by atoms with Crippen LogP contribution in [-0.4, -0.2) is 0 Å². The molecule has 3 heteroatoms. The monoisotopic (exact) mass is 257 g/mol. The molecule has 1 aliphatic rings. The fraction of sp³-hybridized carbons (Fsp3) is 0.250. The Kier molecular flexibility index (Phi) is 3.11. The standard InChI is InChI=1S/C16H16FNO/c17-13-8-4-10-15(16(13)18)19-14-9-3-6-11-5-1-2-7-12(11)14/h1-2,4-5,7-8,10,14H,3,6,9,18H2. The van der Waals surface area contributed by atoms with Gasteiger partial charge in [0.1, 0.15) is 23.4 Å². The number of ether oxygens (including phenoxy) is 1. The number of halogens is 1. The number of rotatable bonds is 2. The molecule has 0 radical (unpaired) electrons. The zero-order valence-electron chi connectivity index (χ0n) is 10.6. The molecule has 2 N–H and O–H groups in total. The SMILES string of the molecule is Nc1c(F)cccc1OC1CCCc2ccccc21. The van der Waals surface area contributed by atoms with Gasteiger partial charge in [0, 0.05) is 0 Å². The second kappa shape index (κ2) is 4.92. The number of hydrogen-bond donors (Lipinski definition) is 1. The van der Waals surface area contributed by atoms with Gasteiger partial charge in [0.05, 0.1) is 0 Å². The molecule has 0 saturated heterocycles. The van der Waals surface area contributed by atoms with Crippen LogP contribution in [0.1, 0.15) is 30.1 Å². The third kappa shape index (κ3) is 2.28. The first-order valence-electron chi connectivity index (χ1n) is 6.54. The molecule has 1 unspecified atom stereocenters. The fourth-order valence-electron chi connectivity index (χ4n) is 2.61. The van der Waals surface area contributed by atoms with E-state index < -0.39 is 5.82 Å². The number of anilines is 1. The van der Waals surface area contributed by atoms with Gasteiger partial charge < -0.3 is 10.5 Å². The summed E-state index contributed by atoms with van der Waals surface area (Å²) in [6, 6.07) is 12.9. The van der Waals surface area contributed by atoms with Crippen molar-refractivity contribution in [3.8, 4) is 5.75 Å². The first-order valence-corrected chi connectivity index (χ1v) is 6.54. The van der Waals surface area contributed by atoms with Crippen LogP contribution in [0, 0.1) is 5.82 Å². The summed E-state index contributed by atoms with van der Waals surface area (Å²) in [6.07, 6.45) is 3.06. The molecule has 0 aliphatic heterocycles. The van der Waals surface area contributed by atoms with E-state index in [2.05, 4.69) is 12.1 Å². The normalized spacial score (nSPS) is 17.8. The molecule has 2 aromatic carbocycles. The van der Waals surface area contributed by atoms with Gasteiger partial charge in [-0.15, -0.1) is 0 Å². The molecule has 98 valence electrons. The summed E-state index contributed by atoms with van der Waals surface area (Å²) in [4.78, 5) is 0. The van der Waals surface area contributed by atoms with Crippen LogP contribution in [0.2, 0.25) is 0 Å². The summed E-state index contributed by atoms with van der Waals surface area (Å²) in [7, 11) is 0. The van der Waals surface area contributed by atoms with Crippen molar-refractivity contribution in [3.63, 3.8) is 0 Å². The zero-order chi connectivity index (χ0) is 13.2. The lowest BCUT2D eigenvalue weighted by Crippen LogP contribution is -2.15. The molecule has 2 aromatic rings. The van der Waals surface area contributed by atoms with Crippen molar-refractivity contribution in [3.05, 3.63) is 59.4 Å². The van der Waals surface area contributed by atoms with Crippen LogP contribution >= 0.6 is 0 Å². The van der Waals surface area contributed by atoms with Gasteiger partial charge in [0.2, 0.25) is 0 Å². The third-order valence-corrected chi connectivity index (χ3v) is 3.60. The van der Waals surface area contributed by atoms with Crippen molar-refractivity contribution in [1.82, 2.24) is 0 Å². The minimum absolute atomic E-state index is 0.0333. The highest BCUT2D eigenvalue weighted by molar-refractivity contribution is 5.53. The van der Waals surface area contributed by atoms with Crippen molar-refractivity contribution in [2.24, 2.45) is 0 Å². The number of fused-ring (bicyclic) bond motifs is 1. The quantitative estimate of drug-likeness (QED) is 0.829. The Morgan fingerprint density at radius 3 is 2.84 bits per heavy atom. The van der Waals surface area contributed by atoms with E-state index in [1.54, 1.807) is 12.1 Å². The van der Waals surface area contributed by atoms with E-state index in [1.807, 2.05) is 12.1 Å². The lowest BCUT2D eigenvalue weighted by molar-refractivity contribution is 0.184. The van der Waals surface area contributed by atoms with Crippen LogP contribution in [0.3, 0.4) is 0 Å². The minimum atomic E-state index is -0.429. The van der Waals surface area contributed by atoms with E-state index in [1.165, 1.54) is 17.2 Å². The first kappa shape index (κ1) is 12.0. The van der Waals surface area contributed by atoms with Crippen molar-refractivity contribution in [2.45, 2.75) is 25.4 Å². The summed E-state index contributed by atoms with van der Waals surface area (Å²) >= 11 is 0. The maximum absolute atomic E-state index is 13.4. The van der Waals surface area contributed by atoms with Crippen molar-refractivity contribution in [1.29, 1.82) is 0 Å². The molecule has 1 atom stereocenters. The summed E-state index contributed by atoms with van der Waals surface area (Å²) in [5, 5.41) is 0. The molecule has 0 spiro atoms. The van der Waals surface area contributed by atoms with E-state index in [0.717, 1.165) is 19.3 Å². The van der Waals surface area contributed by atoms with Gasteiger partial charge in [-0.05, 0) is 42.5 Å². The van der Waals surface area contributed by atoms with E-state index >= 15 is 0 Å². The van der Waals surface area contributed by atoms with E-state index in [4.69, 9.17) is 10.5 Å². The Hall–Kier alpha value is -2.03. The molecule has 1 aliphatic carbocycles. The fourth-order valence-corrected chi connectivity index (χ4v) is 2.61. The van der Waals surface area contributed by atoms with Crippen molar-refractivity contribution in [2.75, 3.05) is 5.73 Å². The van der Waals surface area contributed by atoms with Gasteiger partial charge >= 0.3 is 0 Å². The van der Waals surface area contributed by atoms with Gasteiger partial charge in [-0.25, -0.2) is 4.39 Å². The summed E-state index contributed by atoms with van der Waals surface area (Å²) in [5.41, 5.74) is 8.31. The molecule has 0 bridgehead atoms. The number of aryl methyl sites for hydroxylation is 1. The minimum Gasteiger partial charge on any atom is -0.483 e. The predicted octanol–water partition coefficient (Wildman–Crippen LogP) is 3.86. The van der Waals surface area contributed by atoms with Gasteiger partial charge in [0.25, 0.3) is 0 Å². The Labute approximate surface area is 112 Å². The van der Waals surface area contributed by atoms with Crippen LogP contribution in [0.5, 0.6) is 5.75 Å². The number of nitrogen functional groups attached to an aromatic ring is 1. The Morgan fingerprint density at radius 2 is 1.95 bits per heavy atom. The largest absolute Gasteiger partial charge is 0.483 e. The average molecular weight is 257 g/mol. The molecule has 0 amide bonds. The topological polar surface area (TPSA) is 35.2 Å². The number of hydrogen-bond acceptors (Lipinski definition) is 2. The Balaban J connectivity index is 1.91. The molecule has 2 nitrogen and oxygen atoms in total. The maximum atomic E-state index is 13.4. The van der Waals surface area contributed by atoms with E-state index in [9.17, 15) is 4.39 Å². The molecular formula is C16H16FNO. The molecule has 0 aromatic heterocycles. The predicted molar refractivity (Wildman–Crippen MR) is 73.6 cm³/mol. The number of nitrogens with two attached hydrogens (primary N) is 1. The molecule has 0 fully saturated rings. The molecule has 0 saturated carbocycles. The lowest BCUT2D eigenvalue weighted by Gasteiger charge is -2.26. The Morgan fingerprint density at radius 1 is 1.11 bits per heavy atom. The van der Waals surface area contributed by atoms with Crippen LogP contribution in [0.15, 0.2) is 42.5 Å². The van der Waals surface area contributed by atoms with E-state index in [-0.39, 0.29) is 11.8 Å². The second-order valence-corrected chi connectivity index (χ2v) is 4.85. The van der Waals surface area contributed by atoms with Gasteiger partial charge in [-0.1, -0.05) is 30.3 Å². The van der Waals surface area contributed by atoms with Gasteiger partial charge in [-0.2, -0.15) is 0 Å². The van der Waals surface area contributed by atoms with Crippen LogP contribution < -0.4 is 10.5 Å². The Bertz CT molecular complexity index is 597. The number of para-hydroxylation sites is 1. The van der Waals surface area contributed by atoms with Gasteiger partial charge in [-0.3, -0.25) is 0 Å². The maximum Gasteiger partial charge on any atom is 0.149 e. The molecule has 3 rings (SSSR count). The first-order chi connectivity index (χ1) is 9.25. The van der Waals surface area contributed by atoms with Crippen LogP contribution in [-0.2, 0) is 6.42 Å². The molecule has 0 heterocycles.